The molecule has 5 rings (SSSR count). The number of piperidine rings is 2. The van der Waals surface area contributed by atoms with Gasteiger partial charge in [0.2, 0.25) is 0 Å². The van der Waals surface area contributed by atoms with E-state index in [9.17, 15) is 23.8 Å². The predicted molar refractivity (Wildman–Crippen MR) is 164 cm³/mol. The second-order valence-corrected chi connectivity index (χ2v) is 13.3. The van der Waals surface area contributed by atoms with Crippen LogP contribution in [0, 0.1) is 23.2 Å². The van der Waals surface area contributed by atoms with Crippen molar-refractivity contribution < 1.29 is 28.4 Å². The molecule has 0 saturated carbocycles. The minimum Gasteiger partial charge on any atom is -0.339 e. The van der Waals surface area contributed by atoms with Crippen LogP contribution in [0.3, 0.4) is 0 Å². The van der Waals surface area contributed by atoms with Crippen LogP contribution in [-0.2, 0) is 17.3 Å². The second-order valence-electron chi connectivity index (χ2n) is 11.9. The van der Waals surface area contributed by atoms with E-state index in [0.717, 1.165) is 18.4 Å². The van der Waals surface area contributed by atoms with Gasteiger partial charge in [0.15, 0.2) is 11.6 Å². The van der Waals surface area contributed by atoms with Crippen molar-refractivity contribution in [3.8, 4) is 6.07 Å². The van der Waals surface area contributed by atoms with E-state index in [1.54, 1.807) is 59.7 Å². The molecule has 0 radical (unpaired) electrons. The lowest BCUT2D eigenvalue weighted by molar-refractivity contribution is -1.12. The van der Waals surface area contributed by atoms with Gasteiger partial charge in [0, 0.05) is 77.5 Å². The van der Waals surface area contributed by atoms with Gasteiger partial charge in [-0.1, -0.05) is 24.3 Å². The van der Waals surface area contributed by atoms with Crippen LogP contribution in [0.25, 0.3) is 0 Å². The molecule has 44 heavy (non-hydrogen) atoms. The van der Waals surface area contributed by atoms with Gasteiger partial charge in [-0.05, 0) is 55.2 Å². The monoisotopic (exact) mass is 613 g/mol. The van der Waals surface area contributed by atoms with E-state index in [0.29, 0.717) is 79.3 Å². The molecule has 3 aromatic rings. The van der Waals surface area contributed by atoms with Crippen LogP contribution in [0.4, 0.5) is 0 Å². The van der Waals surface area contributed by atoms with Crippen LogP contribution >= 0.6 is 0 Å². The number of aromatic nitrogens is 1. The molecular weight excluding hydrogens is 576 g/mol. The van der Waals surface area contributed by atoms with Gasteiger partial charge in [-0.2, -0.15) is 9.91 Å². The minimum atomic E-state index is -1.09. The summed E-state index contributed by atoms with van der Waals surface area (Å²) in [6, 6.07) is 19.5. The molecule has 9 nitrogen and oxygen atoms in total. The average Bonchev–Trinajstić information content (AvgIpc) is 3.05. The van der Waals surface area contributed by atoms with Crippen LogP contribution in [-0.4, -0.2) is 73.9 Å². The van der Waals surface area contributed by atoms with Crippen molar-refractivity contribution in [3.05, 3.63) is 94.8 Å². The highest BCUT2D eigenvalue weighted by Gasteiger charge is 2.34. The lowest BCUT2D eigenvalue weighted by Crippen LogP contribution is -2.49. The maximum Gasteiger partial charge on any atom is 0.255 e. The van der Waals surface area contributed by atoms with E-state index < -0.39 is 10.8 Å². The van der Waals surface area contributed by atoms with Crippen molar-refractivity contribution >= 4 is 28.3 Å². The number of carbonyl (C=O) groups excluding carboxylic acids is 3. The summed E-state index contributed by atoms with van der Waals surface area (Å²) in [7, 11) is -1.09. The third-order valence-corrected chi connectivity index (χ3v) is 9.80. The molecule has 2 saturated heterocycles. The van der Waals surface area contributed by atoms with Crippen LogP contribution in [0.15, 0.2) is 71.8 Å². The molecule has 1 unspecified atom stereocenters. The molecular formula is C34H37N4O5S+. The summed E-state index contributed by atoms with van der Waals surface area (Å²) in [5.74, 6) is -0.202. The number of hydrogen-bond donors (Lipinski definition) is 1. The summed E-state index contributed by atoms with van der Waals surface area (Å²) in [4.78, 5) is 45.8. The number of hydroxylamine groups is 3. The topological polar surface area (TPSA) is 128 Å². The van der Waals surface area contributed by atoms with Gasteiger partial charge >= 0.3 is 0 Å². The number of likely N-dealkylation sites (tertiary alicyclic amines) is 2. The Bertz CT molecular complexity index is 1570. The molecule has 0 aliphatic carbocycles. The maximum absolute atomic E-state index is 13.1. The summed E-state index contributed by atoms with van der Waals surface area (Å²) >= 11 is 0. The number of benzene rings is 2. The summed E-state index contributed by atoms with van der Waals surface area (Å²) < 4.78 is 11.5. The van der Waals surface area contributed by atoms with E-state index >= 15 is 0 Å². The summed E-state index contributed by atoms with van der Waals surface area (Å²) in [6.07, 6.45) is 5.98. The van der Waals surface area contributed by atoms with Gasteiger partial charge < -0.3 is 4.90 Å². The highest BCUT2D eigenvalue weighted by molar-refractivity contribution is 7.84. The molecule has 228 valence electrons. The highest BCUT2D eigenvalue weighted by atomic mass is 32.2. The zero-order valence-corrected chi connectivity index (χ0v) is 25.7. The number of nitrogens with zero attached hydrogens (tertiary/aromatic N) is 4. The Kier molecular flexibility index (Phi) is 9.79. The standard InChI is InChI=1S/C34H37N4O5S/c1-44(43)30-9-6-27(7-10-30)33(40)28-12-16-37(17-13-28)34(41)29-8-11-31(36-22-29)32(39)20-24-14-18-38(42,19-15-24)23-26-4-2-25(21-35)3-5-26/h2-11,22,24,28,42H,12-20,23H2,1H3/q+1. The van der Waals surface area contributed by atoms with Crippen molar-refractivity contribution in [3.63, 3.8) is 0 Å². The fourth-order valence-electron chi connectivity index (χ4n) is 6.11. The van der Waals surface area contributed by atoms with Gasteiger partial charge in [0.25, 0.3) is 5.91 Å². The smallest absolute Gasteiger partial charge is 0.255 e. The number of carbonyl (C=O) groups is 3. The second kappa shape index (κ2) is 13.7. The molecule has 2 aromatic carbocycles. The zero-order valence-electron chi connectivity index (χ0n) is 24.9. The molecule has 1 aromatic heterocycles. The van der Waals surface area contributed by atoms with E-state index in [1.165, 1.54) is 6.20 Å². The van der Waals surface area contributed by atoms with Crippen molar-refractivity contribution in [1.82, 2.24) is 9.88 Å². The fraction of sp³-hybridized carbons (Fsp3) is 0.382. The van der Waals surface area contributed by atoms with Crippen LogP contribution in [0.2, 0.25) is 0 Å². The van der Waals surface area contributed by atoms with Crippen molar-refractivity contribution in [2.75, 3.05) is 32.4 Å². The number of hydrogen-bond acceptors (Lipinski definition) is 7. The first-order chi connectivity index (χ1) is 21.1. The summed E-state index contributed by atoms with van der Waals surface area (Å²) in [6.45, 7) is 2.49. The quantitative estimate of drug-likeness (QED) is 0.271. The molecule has 2 aliphatic rings. The molecule has 0 spiro atoms. The van der Waals surface area contributed by atoms with Crippen LogP contribution in [0.5, 0.6) is 0 Å². The highest BCUT2D eigenvalue weighted by Crippen LogP contribution is 2.28. The first-order valence-electron chi connectivity index (χ1n) is 15.0. The molecule has 2 aliphatic heterocycles. The van der Waals surface area contributed by atoms with Gasteiger partial charge in [0.1, 0.15) is 25.3 Å². The Morgan fingerprint density at radius 3 is 2.16 bits per heavy atom. The van der Waals surface area contributed by atoms with Crippen LogP contribution < -0.4 is 0 Å². The maximum atomic E-state index is 13.1. The largest absolute Gasteiger partial charge is 0.339 e. The van der Waals surface area contributed by atoms with Gasteiger partial charge in [-0.25, -0.2) is 5.21 Å². The molecule has 1 N–H and O–H groups in total. The number of nitriles is 1. The Morgan fingerprint density at radius 1 is 0.955 bits per heavy atom. The first-order valence-corrected chi connectivity index (χ1v) is 16.5. The van der Waals surface area contributed by atoms with Crippen molar-refractivity contribution in [1.29, 1.82) is 5.26 Å². The Hall–Kier alpha value is -4.04. The van der Waals surface area contributed by atoms with Crippen LogP contribution in [0.1, 0.15) is 74.4 Å². The Labute approximate surface area is 260 Å². The van der Waals surface area contributed by atoms with E-state index in [-0.39, 0.29) is 34.0 Å². The summed E-state index contributed by atoms with van der Waals surface area (Å²) in [5.41, 5.74) is 2.90. The number of amides is 1. The lowest BCUT2D eigenvalue weighted by Gasteiger charge is -2.36. The molecule has 0 bridgehead atoms. The molecule has 1 amide bonds. The normalized spacial score (nSPS) is 21.3. The minimum absolute atomic E-state index is 0.0444. The number of ketones is 2. The SMILES string of the molecule is CS(=O)c1ccc(C(=O)C2CCN(C(=O)c3ccc(C(=O)CC4CC[N+](O)(Cc5ccc(C#N)cc5)CC4)nc3)CC2)cc1. The van der Waals surface area contributed by atoms with Gasteiger partial charge in [-0.15, -0.1) is 0 Å². The number of rotatable bonds is 9. The fourth-order valence-corrected chi connectivity index (χ4v) is 6.63. The number of Topliss-reactive ketones (excluding diaryl/α,β-unsaturated/α-hetero) is 2. The van der Waals surface area contributed by atoms with E-state index in [1.807, 2.05) is 12.1 Å². The van der Waals surface area contributed by atoms with Crippen molar-refractivity contribution in [2.24, 2.45) is 11.8 Å². The van der Waals surface area contributed by atoms with E-state index in [4.69, 9.17) is 5.26 Å². The molecule has 10 heteroatoms. The third-order valence-electron chi connectivity index (χ3n) is 8.86. The van der Waals surface area contributed by atoms with Gasteiger partial charge in [0.05, 0.1) is 17.2 Å². The van der Waals surface area contributed by atoms with Gasteiger partial charge in [-0.3, -0.25) is 23.6 Å². The Balaban J connectivity index is 1.08. The molecule has 1 atom stereocenters. The zero-order chi connectivity index (χ0) is 31.3. The molecule has 2 fully saturated rings. The number of quaternary nitrogens is 1. The van der Waals surface area contributed by atoms with Crippen molar-refractivity contribution in [2.45, 2.75) is 43.5 Å². The molecule has 3 heterocycles. The number of pyridine rings is 1. The average molecular weight is 614 g/mol. The predicted octanol–water partition coefficient (Wildman–Crippen LogP) is 4.81. The van der Waals surface area contributed by atoms with E-state index in [2.05, 4.69) is 11.1 Å². The summed E-state index contributed by atoms with van der Waals surface area (Å²) in [5, 5.41) is 20.0. The third kappa shape index (κ3) is 7.53. The Morgan fingerprint density at radius 2 is 1.59 bits per heavy atom. The lowest BCUT2D eigenvalue weighted by atomic mass is 9.88. The first kappa shape index (κ1) is 31.4.